The largest absolute Gasteiger partial charge is 0.444 e. The summed E-state index contributed by atoms with van der Waals surface area (Å²) in [6.45, 7) is 15.4. The van der Waals surface area contributed by atoms with Crippen LogP contribution in [0.2, 0.25) is 0 Å². The Morgan fingerprint density at radius 1 is 1.35 bits per heavy atom. The predicted octanol–water partition coefficient (Wildman–Crippen LogP) is 2.95. The van der Waals surface area contributed by atoms with Crippen molar-refractivity contribution in [1.82, 2.24) is 15.1 Å². The number of hydrogen-bond acceptors (Lipinski definition) is 4. The number of amides is 1. The van der Waals surface area contributed by atoms with Gasteiger partial charge in [0.2, 0.25) is 0 Å². The Bertz CT molecular complexity index is 347. The first-order chi connectivity index (χ1) is 10.7. The normalized spacial score (nSPS) is 18.7. The van der Waals surface area contributed by atoms with Crippen molar-refractivity contribution in [2.75, 3.05) is 39.8 Å². The van der Waals surface area contributed by atoms with Gasteiger partial charge in [0.05, 0.1) is 0 Å². The summed E-state index contributed by atoms with van der Waals surface area (Å²) >= 11 is 0. The Kier molecular flexibility index (Phi) is 8.34. The van der Waals surface area contributed by atoms with Gasteiger partial charge in [-0.15, -0.1) is 0 Å². The van der Waals surface area contributed by atoms with Crippen LogP contribution in [-0.4, -0.2) is 67.3 Å². The van der Waals surface area contributed by atoms with E-state index in [0.717, 1.165) is 13.1 Å². The van der Waals surface area contributed by atoms with Gasteiger partial charge in [-0.1, -0.05) is 13.8 Å². The molecule has 5 nitrogen and oxygen atoms in total. The molecule has 0 aliphatic carbocycles. The van der Waals surface area contributed by atoms with Gasteiger partial charge in [0.25, 0.3) is 0 Å². The highest BCUT2D eigenvalue weighted by molar-refractivity contribution is 5.67. The number of likely N-dealkylation sites (tertiary alicyclic amines) is 1. The fourth-order valence-electron chi connectivity index (χ4n) is 2.99. The van der Waals surface area contributed by atoms with E-state index in [1.807, 2.05) is 27.8 Å². The lowest BCUT2D eigenvalue weighted by molar-refractivity contribution is 0.0276. The zero-order valence-corrected chi connectivity index (χ0v) is 16.0. The van der Waals surface area contributed by atoms with E-state index in [1.54, 1.807) is 4.90 Å². The summed E-state index contributed by atoms with van der Waals surface area (Å²) in [6, 6.07) is 0.623. The Morgan fingerprint density at radius 2 is 1.96 bits per heavy atom. The maximum atomic E-state index is 12.0. The van der Waals surface area contributed by atoms with Gasteiger partial charge in [0, 0.05) is 19.6 Å². The molecule has 1 atom stereocenters. The van der Waals surface area contributed by atoms with Crippen molar-refractivity contribution in [3.63, 3.8) is 0 Å². The third-order valence-electron chi connectivity index (χ3n) is 4.17. The molecule has 1 N–H and O–H groups in total. The maximum Gasteiger partial charge on any atom is 0.410 e. The van der Waals surface area contributed by atoms with Gasteiger partial charge < -0.3 is 19.9 Å². The predicted molar refractivity (Wildman–Crippen MR) is 95.8 cm³/mol. The van der Waals surface area contributed by atoms with Crippen LogP contribution in [-0.2, 0) is 4.74 Å². The van der Waals surface area contributed by atoms with E-state index < -0.39 is 5.60 Å². The second kappa shape index (κ2) is 9.48. The van der Waals surface area contributed by atoms with Crippen molar-refractivity contribution in [2.24, 2.45) is 5.92 Å². The minimum Gasteiger partial charge on any atom is -0.444 e. The molecular weight excluding hydrogens is 290 g/mol. The molecule has 1 heterocycles. The number of nitrogens with one attached hydrogen (secondary N) is 1. The molecule has 1 unspecified atom stereocenters. The number of nitrogens with zero attached hydrogens (tertiary/aromatic N) is 2. The highest BCUT2D eigenvalue weighted by atomic mass is 16.6. The fourth-order valence-corrected chi connectivity index (χ4v) is 2.99. The van der Waals surface area contributed by atoms with Crippen molar-refractivity contribution in [3.8, 4) is 0 Å². The van der Waals surface area contributed by atoms with Crippen LogP contribution in [0.1, 0.15) is 53.9 Å². The van der Waals surface area contributed by atoms with Gasteiger partial charge in [-0.3, -0.25) is 0 Å². The van der Waals surface area contributed by atoms with Crippen LogP contribution in [0.4, 0.5) is 4.79 Å². The molecule has 0 saturated carbocycles. The average Bonchev–Trinajstić information content (AvgIpc) is 2.45. The summed E-state index contributed by atoms with van der Waals surface area (Å²) < 4.78 is 5.39. The van der Waals surface area contributed by atoms with Gasteiger partial charge in [-0.05, 0) is 72.1 Å². The zero-order valence-electron chi connectivity index (χ0n) is 16.0. The summed E-state index contributed by atoms with van der Waals surface area (Å²) in [5, 5.41) is 3.67. The van der Waals surface area contributed by atoms with Crippen LogP contribution >= 0.6 is 0 Å². The standard InChI is InChI=1S/C18H37N3O2/c1-7-10-21-11-8-16(9-12-21)19-13-15(2)14-20(6)17(22)23-18(3,4)5/h15-16,19H,7-14H2,1-6H3. The molecule has 0 aromatic rings. The molecule has 1 amide bonds. The second-order valence-corrected chi connectivity index (χ2v) is 7.99. The second-order valence-electron chi connectivity index (χ2n) is 7.99. The van der Waals surface area contributed by atoms with Crippen LogP contribution in [0.5, 0.6) is 0 Å². The molecule has 5 heteroatoms. The Morgan fingerprint density at radius 3 is 2.48 bits per heavy atom. The zero-order chi connectivity index (χ0) is 17.5. The van der Waals surface area contributed by atoms with E-state index in [0.29, 0.717) is 12.0 Å². The first-order valence-corrected chi connectivity index (χ1v) is 9.11. The van der Waals surface area contributed by atoms with Gasteiger partial charge >= 0.3 is 6.09 Å². The smallest absolute Gasteiger partial charge is 0.410 e. The molecule has 1 fully saturated rings. The number of carbonyl (C=O) groups is 1. The Labute approximate surface area is 142 Å². The molecule has 0 aromatic carbocycles. The first-order valence-electron chi connectivity index (χ1n) is 9.11. The molecule has 1 saturated heterocycles. The lowest BCUT2D eigenvalue weighted by Crippen LogP contribution is -2.45. The number of carbonyl (C=O) groups excluding carboxylic acids is 1. The van der Waals surface area contributed by atoms with Crippen molar-refractivity contribution < 1.29 is 9.53 Å². The van der Waals surface area contributed by atoms with E-state index >= 15 is 0 Å². The average molecular weight is 328 g/mol. The summed E-state index contributed by atoms with van der Waals surface area (Å²) in [6.07, 6.45) is 3.47. The minimum absolute atomic E-state index is 0.239. The molecule has 0 aromatic heterocycles. The highest BCUT2D eigenvalue weighted by Crippen LogP contribution is 2.12. The van der Waals surface area contributed by atoms with Gasteiger partial charge in [-0.25, -0.2) is 4.79 Å². The van der Waals surface area contributed by atoms with Gasteiger partial charge in [0.1, 0.15) is 5.60 Å². The molecule has 23 heavy (non-hydrogen) atoms. The van der Waals surface area contributed by atoms with E-state index in [2.05, 4.69) is 24.1 Å². The Hall–Kier alpha value is -0.810. The quantitative estimate of drug-likeness (QED) is 0.781. The Balaban J connectivity index is 2.21. The summed E-state index contributed by atoms with van der Waals surface area (Å²) in [5.41, 5.74) is -0.431. The van der Waals surface area contributed by atoms with E-state index in [-0.39, 0.29) is 6.09 Å². The fraction of sp³-hybridized carbons (Fsp3) is 0.944. The van der Waals surface area contributed by atoms with Gasteiger partial charge in [-0.2, -0.15) is 0 Å². The van der Waals surface area contributed by atoms with Crippen LogP contribution in [0.15, 0.2) is 0 Å². The van der Waals surface area contributed by atoms with Crippen molar-refractivity contribution in [1.29, 1.82) is 0 Å². The minimum atomic E-state index is -0.431. The third kappa shape index (κ3) is 8.56. The SMILES string of the molecule is CCCN1CCC(NCC(C)CN(C)C(=O)OC(C)(C)C)CC1. The molecule has 136 valence electrons. The molecule has 0 bridgehead atoms. The highest BCUT2D eigenvalue weighted by Gasteiger charge is 2.22. The molecular formula is C18H37N3O2. The molecule has 1 aliphatic heterocycles. The molecule has 0 radical (unpaired) electrons. The molecule has 1 rings (SSSR count). The molecule has 1 aliphatic rings. The lowest BCUT2D eigenvalue weighted by Gasteiger charge is -2.33. The molecule has 0 spiro atoms. The topological polar surface area (TPSA) is 44.8 Å². The maximum absolute atomic E-state index is 12.0. The monoisotopic (exact) mass is 327 g/mol. The van der Waals surface area contributed by atoms with Crippen LogP contribution in [0.3, 0.4) is 0 Å². The van der Waals surface area contributed by atoms with Crippen LogP contribution in [0.25, 0.3) is 0 Å². The van der Waals surface area contributed by atoms with Crippen molar-refractivity contribution >= 4 is 6.09 Å². The first kappa shape index (κ1) is 20.2. The van der Waals surface area contributed by atoms with E-state index in [4.69, 9.17) is 4.74 Å². The lowest BCUT2D eigenvalue weighted by atomic mass is 10.0. The summed E-state index contributed by atoms with van der Waals surface area (Å²) in [7, 11) is 1.81. The number of ether oxygens (including phenoxy) is 1. The van der Waals surface area contributed by atoms with Crippen molar-refractivity contribution in [2.45, 2.75) is 65.5 Å². The number of hydrogen-bond donors (Lipinski definition) is 1. The van der Waals surface area contributed by atoms with Crippen LogP contribution < -0.4 is 5.32 Å². The third-order valence-corrected chi connectivity index (χ3v) is 4.17. The summed E-state index contributed by atoms with van der Waals surface area (Å²) in [5.74, 6) is 0.418. The number of rotatable bonds is 7. The summed E-state index contributed by atoms with van der Waals surface area (Å²) in [4.78, 5) is 16.2. The van der Waals surface area contributed by atoms with E-state index in [9.17, 15) is 4.79 Å². The van der Waals surface area contributed by atoms with E-state index in [1.165, 1.54) is 38.9 Å². The number of piperidine rings is 1. The van der Waals surface area contributed by atoms with Gasteiger partial charge in [0.15, 0.2) is 0 Å². The van der Waals surface area contributed by atoms with Crippen molar-refractivity contribution in [3.05, 3.63) is 0 Å². The van der Waals surface area contributed by atoms with Crippen LogP contribution in [0, 0.1) is 5.92 Å².